The summed E-state index contributed by atoms with van der Waals surface area (Å²) in [5.41, 5.74) is 1.13. The number of hydrogen-bond acceptors (Lipinski definition) is 5. The maximum atomic E-state index is 12.1. The molecule has 0 radical (unpaired) electrons. The van der Waals surface area contributed by atoms with Gasteiger partial charge in [0.2, 0.25) is 0 Å². The maximum absolute atomic E-state index is 12.1. The van der Waals surface area contributed by atoms with E-state index < -0.39 is 0 Å². The van der Waals surface area contributed by atoms with Crippen LogP contribution in [0.25, 0.3) is 0 Å². The summed E-state index contributed by atoms with van der Waals surface area (Å²) >= 11 is 6.07. The Bertz CT molecular complexity index is 687. The van der Waals surface area contributed by atoms with E-state index in [9.17, 15) is 4.79 Å². The summed E-state index contributed by atoms with van der Waals surface area (Å²) in [6.07, 6.45) is 5.40. The number of carbonyl (C=O) groups is 1. The number of benzene rings is 1. The maximum Gasteiger partial charge on any atom is 0.271 e. The average Bonchev–Trinajstić information content (AvgIpc) is 3.13. The lowest BCUT2D eigenvalue weighted by molar-refractivity contribution is 0.0945. The summed E-state index contributed by atoms with van der Waals surface area (Å²) in [4.78, 5) is 20.5. The van der Waals surface area contributed by atoms with Crippen LogP contribution in [0.3, 0.4) is 0 Å². The number of ether oxygens (including phenoxy) is 1. The van der Waals surface area contributed by atoms with E-state index >= 15 is 0 Å². The van der Waals surface area contributed by atoms with Crippen molar-refractivity contribution in [2.24, 2.45) is 0 Å². The van der Waals surface area contributed by atoms with Crippen LogP contribution in [-0.4, -0.2) is 35.1 Å². The van der Waals surface area contributed by atoms with Crippen LogP contribution in [-0.2, 0) is 11.3 Å². The summed E-state index contributed by atoms with van der Waals surface area (Å²) in [6, 6.07) is 7.38. The lowest BCUT2D eigenvalue weighted by atomic mass is 10.2. The number of hydrogen-bond donors (Lipinski definition) is 2. The molecule has 6 nitrogen and oxygen atoms in total. The Morgan fingerprint density at radius 1 is 1.29 bits per heavy atom. The predicted molar refractivity (Wildman–Crippen MR) is 92.1 cm³/mol. The van der Waals surface area contributed by atoms with Crippen molar-refractivity contribution in [2.75, 3.05) is 18.5 Å². The highest BCUT2D eigenvalue weighted by Gasteiger charge is 2.15. The Hall–Kier alpha value is -2.18. The third kappa shape index (κ3) is 4.43. The molecule has 1 aromatic heterocycles. The van der Waals surface area contributed by atoms with Gasteiger partial charge in [-0.3, -0.25) is 4.79 Å². The van der Waals surface area contributed by atoms with Crippen LogP contribution in [0.15, 0.2) is 36.7 Å². The first-order chi connectivity index (χ1) is 11.7. The molecular formula is C17H19ClN4O2. The smallest absolute Gasteiger partial charge is 0.271 e. The van der Waals surface area contributed by atoms with Crippen molar-refractivity contribution < 1.29 is 9.53 Å². The number of amides is 1. The van der Waals surface area contributed by atoms with Gasteiger partial charge in [0.15, 0.2) is 0 Å². The Morgan fingerprint density at radius 3 is 2.88 bits per heavy atom. The third-order valence-electron chi connectivity index (χ3n) is 3.82. The Labute approximate surface area is 145 Å². The SMILES string of the molecule is O=C(NCc1ccccc1Cl)c1cnc(NCC2CCCO2)cn1. The Morgan fingerprint density at radius 2 is 2.17 bits per heavy atom. The van der Waals surface area contributed by atoms with Crippen LogP contribution in [0.4, 0.5) is 5.82 Å². The van der Waals surface area contributed by atoms with Crippen molar-refractivity contribution in [3.63, 3.8) is 0 Å². The minimum absolute atomic E-state index is 0.227. The molecule has 2 N–H and O–H groups in total. The topological polar surface area (TPSA) is 76.1 Å². The summed E-state index contributed by atoms with van der Waals surface area (Å²) in [5, 5.41) is 6.58. The fourth-order valence-electron chi connectivity index (χ4n) is 2.47. The average molecular weight is 347 g/mol. The van der Waals surface area contributed by atoms with E-state index in [0.717, 1.165) is 25.0 Å². The second-order valence-corrected chi connectivity index (χ2v) is 5.98. The lowest BCUT2D eigenvalue weighted by Crippen LogP contribution is -2.24. The van der Waals surface area contributed by atoms with Crippen molar-refractivity contribution in [1.82, 2.24) is 15.3 Å². The van der Waals surface area contributed by atoms with Gasteiger partial charge in [0.05, 0.1) is 18.5 Å². The molecule has 3 rings (SSSR count). The van der Waals surface area contributed by atoms with Gasteiger partial charge in [-0.1, -0.05) is 29.8 Å². The van der Waals surface area contributed by atoms with Crippen molar-refractivity contribution >= 4 is 23.3 Å². The van der Waals surface area contributed by atoms with E-state index in [1.807, 2.05) is 18.2 Å². The first-order valence-corrected chi connectivity index (χ1v) is 8.29. The van der Waals surface area contributed by atoms with E-state index in [-0.39, 0.29) is 17.7 Å². The Kier molecular flexibility index (Phi) is 5.61. The number of aromatic nitrogens is 2. The zero-order chi connectivity index (χ0) is 16.8. The standard InChI is InChI=1S/C17H19ClN4O2/c18-14-6-2-1-4-12(14)8-22-17(23)15-10-21-16(11-19-15)20-9-13-5-3-7-24-13/h1-2,4,6,10-11,13H,3,5,7-9H2,(H,20,21)(H,22,23). The molecule has 1 amide bonds. The van der Waals surface area contributed by atoms with Crippen molar-refractivity contribution in [3.05, 3.63) is 52.9 Å². The molecular weight excluding hydrogens is 328 g/mol. The molecule has 0 aliphatic carbocycles. The number of carbonyl (C=O) groups excluding carboxylic acids is 1. The normalized spacial score (nSPS) is 16.8. The fraction of sp³-hybridized carbons (Fsp3) is 0.353. The zero-order valence-corrected chi connectivity index (χ0v) is 13.9. The monoisotopic (exact) mass is 346 g/mol. The molecule has 1 unspecified atom stereocenters. The molecule has 1 saturated heterocycles. The first-order valence-electron chi connectivity index (χ1n) is 7.91. The minimum Gasteiger partial charge on any atom is -0.376 e. The summed E-state index contributed by atoms with van der Waals surface area (Å²) < 4.78 is 5.53. The van der Waals surface area contributed by atoms with Gasteiger partial charge in [-0.05, 0) is 24.5 Å². The van der Waals surface area contributed by atoms with E-state index in [1.165, 1.54) is 6.20 Å². The molecule has 0 saturated carbocycles. The van der Waals surface area contributed by atoms with E-state index in [4.69, 9.17) is 16.3 Å². The van der Waals surface area contributed by atoms with Crippen LogP contribution < -0.4 is 10.6 Å². The lowest BCUT2D eigenvalue weighted by Gasteiger charge is -2.11. The van der Waals surface area contributed by atoms with Crippen LogP contribution in [0.1, 0.15) is 28.9 Å². The molecule has 1 fully saturated rings. The molecule has 1 aliphatic rings. The molecule has 1 aliphatic heterocycles. The van der Waals surface area contributed by atoms with Crippen molar-refractivity contribution in [3.8, 4) is 0 Å². The van der Waals surface area contributed by atoms with Gasteiger partial charge in [0, 0.05) is 24.7 Å². The highest BCUT2D eigenvalue weighted by atomic mass is 35.5. The number of halogens is 1. The number of nitrogens with one attached hydrogen (secondary N) is 2. The number of nitrogens with zero attached hydrogens (tertiary/aromatic N) is 2. The third-order valence-corrected chi connectivity index (χ3v) is 4.19. The first kappa shape index (κ1) is 16.7. The molecule has 1 atom stereocenters. The van der Waals surface area contributed by atoms with Crippen LogP contribution in [0.5, 0.6) is 0 Å². The van der Waals surface area contributed by atoms with Gasteiger partial charge in [0.25, 0.3) is 5.91 Å². The predicted octanol–water partition coefficient (Wildman–Crippen LogP) is 2.65. The van der Waals surface area contributed by atoms with E-state index in [0.29, 0.717) is 23.9 Å². The van der Waals surface area contributed by atoms with Crippen LogP contribution >= 0.6 is 11.6 Å². The van der Waals surface area contributed by atoms with Crippen LogP contribution in [0.2, 0.25) is 5.02 Å². The molecule has 24 heavy (non-hydrogen) atoms. The second kappa shape index (κ2) is 8.08. The summed E-state index contributed by atoms with van der Waals surface area (Å²) in [6.45, 7) is 1.87. The molecule has 0 spiro atoms. The van der Waals surface area contributed by atoms with E-state index in [2.05, 4.69) is 20.6 Å². The van der Waals surface area contributed by atoms with Gasteiger partial charge < -0.3 is 15.4 Å². The van der Waals surface area contributed by atoms with Gasteiger partial charge in [-0.2, -0.15) is 0 Å². The fourth-order valence-corrected chi connectivity index (χ4v) is 2.67. The van der Waals surface area contributed by atoms with Gasteiger partial charge in [0.1, 0.15) is 11.5 Å². The molecule has 1 aromatic carbocycles. The molecule has 7 heteroatoms. The molecule has 2 heterocycles. The second-order valence-electron chi connectivity index (χ2n) is 5.58. The summed E-state index contributed by atoms with van der Waals surface area (Å²) in [7, 11) is 0. The Balaban J connectivity index is 1.50. The quantitative estimate of drug-likeness (QED) is 0.841. The number of rotatable bonds is 6. The zero-order valence-electron chi connectivity index (χ0n) is 13.2. The highest BCUT2D eigenvalue weighted by Crippen LogP contribution is 2.15. The van der Waals surface area contributed by atoms with Crippen molar-refractivity contribution in [2.45, 2.75) is 25.5 Å². The number of anilines is 1. The van der Waals surface area contributed by atoms with Crippen molar-refractivity contribution in [1.29, 1.82) is 0 Å². The van der Waals surface area contributed by atoms with Gasteiger partial charge in [-0.25, -0.2) is 9.97 Å². The van der Waals surface area contributed by atoms with Crippen LogP contribution in [0, 0.1) is 0 Å². The minimum atomic E-state index is -0.284. The molecule has 0 bridgehead atoms. The molecule has 126 valence electrons. The molecule has 2 aromatic rings. The van der Waals surface area contributed by atoms with Gasteiger partial charge in [-0.15, -0.1) is 0 Å². The van der Waals surface area contributed by atoms with Gasteiger partial charge >= 0.3 is 0 Å². The van der Waals surface area contributed by atoms with E-state index in [1.54, 1.807) is 12.3 Å². The highest BCUT2D eigenvalue weighted by molar-refractivity contribution is 6.31. The largest absolute Gasteiger partial charge is 0.376 e. The summed E-state index contributed by atoms with van der Waals surface area (Å²) in [5.74, 6) is 0.348.